The molecule has 23 heteroatoms. The van der Waals surface area contributed by atoms with E-state index < -0.39 is 20.0 Å². The molecule has 0 spiro atoms. The molecule has 13 aromatic rings. The molecule has 590 valence electrons. The van der Waals surface area contributed by atoms with E-state index in [0.29, 0.717) is 52.4 Å². The molecule has 4 aliphatic rings. The highest BCUT2D eigenvalue weighted by molar-refractivity contribution is 8.01. The number of ether oxygens (including phenoxy) is 1. The number of carbonyl (C=O) groups is 4. The summed E-state index contributed by atoms with van der Waals surface area (Å²) in [6, 6.07) is 65.8. The maximum atomic E-state index is 13.7. The van der Waals surface area contributed by atoms with E-state index in [1.165, 1.54) is 26.0 Å². The third kappa shape index (κ3) is 15.5. The maximum Gasteiger partial charge on any atom is 0.240 e. The lowest BCUT2D eigenvalue weighted by Crippen LogP contribution is -2.37. The molecule has 0 bridgehead atoms. The van der Waals surface area contributed by atoms with Crippen LogP contribution in [-0.4, -0.2) is 163 Å². The van der Waals surface area contributed by atoms with Gasteiger partial charge in [-0.1, -0.05) is 158 Å². The standard InChI is InChI=1S/C25H26FN5OS.C23H26N2O2S.C22H23FN2OS.C21H21FN2OS/c1-3-29(4-2)25(32)24-22-18-9-5-7-11-20(18)31(16-17-15-30(14-13-26)28-27-17)23(22)19-10-6-8-12-21(19)33-24;1-4-24(5-2)23(26)22-20-16-10-6-8-12-18(16)25(14-15-27-3)21(20)17-11-7-9-13-19(17)28-22;1-3-24(4-2)22(26)21-19-15-9-5-7-11-17(15)25(14-13-23)20(19)16-10-6-8-12-18(16)27-21;1-2-12-24(13-11-22)21(25)20-18-14-7-3-5-9-16(14)23-19(18)15-8-4-6-10-17(15)26-20/h5-12,15,24H,3-4,13-14,16H2,1-2H3;6-13,22H,4-5,14-15H2,1-3H3;5-12,21H,3-4,13-14H2,1-2H3;3-10,20,23H,2,11-13H2,1H3/i26-1;3-1;23-1;22-1. The molecule has 114 heavy (non-hydrogen) atoms. The van der Waals surface area contributed by atoms with E-state index in [2.05, 4.69) is 128 Å². The van der Waals surface area contributed by atoms with Gasteiger partial charge in [-0.25, -0.2) is 17.9 Å². The van der Waals surface area contributed by atoms with Gasteiger partial charge in [-0.3, -0.25) is 19.2 Å². The largest absolute Gasteiger partial charge is 0.383 e. The minimum absolute atomic E-state index is 0.00462. The lowest BCUT2D eigenvalue weighted by atomic mass is 10.0. The average Bonchev–Trinajstić information content (AvgIpc) is 1.58. The molecule has 1 N–H and O–H groups in total. The first-order valence-corrected chi connectivity index (χ1v) is 43.0. The Morgan fingerprint density at radius 1 is 0.412 bits per heavy atom. The van der Waals surface area contributed by atoms with E-state index in [1.807, 2.05) is 159 Å². The number of para-hydroxylation sites is 4. The van der Waals surface area contributed by atoms with Crippen molar-refractivity contribution in [2.45, 2.75) is 122 Å². The summed E-state index contributed by atoms with van der Waals surface area (Å²) in [4.78, 5) is 69.1. The normalized spacial score (nSPS) is 15.3. The number of methoxy groups -OCH3 is 1. The Morgan fingerprint density at radius 3 is 1.21 bits per heavy atom. The summed E-state index contributed by atoms with van der Waals surface area (Å²) in [6.45, 7) is 20.0. The van der Waals surface area contributed by atoms with Gasteiger partial charge in [0, 0.05) is 174 Å². The van der Waals surface area contributed by atoms with Crippen molar-refractivity contribution >= 4 is 114 Å². The molecule has 4 amide bonds. The molecule has 0 saturated carbocycles. The van der Waals surface area contributed by atoms with Gasteiger partial charge in [-0.2, -0.15) is 0 Å². The maximum absolute atomic E-state index is 13.7. The summed E-state index contributed by atoms with van der Waals surface area (Å²) in [5.41, 5.74) is 18.0. The van der Waals surface area contributed by atoms with Crippen LogP contribution in [-0.2, 0) is 50.1 Å². The minimum Gasteiger partial charge on any atom is -0.383 e. The SMILES string of the molecule is CCCN(CC[18F])C(=O)C1Sc2ccccc2-c2[nH]c3ccccc3c21.CCN(CC)C(=O)C1Sc2ccccc2-c2c1c1ccccc1n2CCO[11CH3].CCN(CC)C(=O)C1Sc2ccccc2-c2c1c1ccccc1n2CC[18F].CCN(CC)C(=O)C1Sc2ccccc2-c2c1c1ccccc1n2Cc1cn(CC[18F])nn1. The highest BCUT2D eigenvalue weighted by Crippen LogP contribution is 2.57. The molecule has 4 unspecified atom stereocenters. The van der Waals surface area contributed by atoms with Crippen molar-refractivity contribution in [2.24, 2.45) is 0 Å². The molecule has 0 radical (unpaired) electrons. The number of aromatic amines is 1. The zero-order valence-electron chi connectivity index (χ0n) is 65.7. The summed E-state index contributed by atoms with van der Waals surface area (Å²) in [5.74, 6) is 0.455. The zero-order valence-corrected chi connectivity index (χ0v) is 68.9. The number of likely N-dealkylation sites (N-methyl/N-ethyl adjacent to an activating group) is 3. The number of aromatic nitrogens is 7. The van der Waals surface area contributed by atoms with Crippen LogP contribution in [0.3, 0.4) is 0 Å². The molecule has 0 aliphatic carbocycles. The first-order valence-electron chi connectivity index (χ1n) is 39.5. The third-order valence-electron chi connectivity index (χ3n) is 21.7. The predicted octanol–water partition coefficient (Wildman–Crippen LogP) is 20.4. The molecule has 8 aromatic carbocycles. The number of alkyl halides is 3. The van der Waals surface area contributed by atoms with Crippen molar-refractivity contribution in [1.29, 1.82) is 0 Å². The van der Waals surface area contributed by atoms with Crippen LogP contribution in [0.25, 0.3) is 88.6 Å². The number of hydrogen-bond donors (Lipinski definition) is 1. The topological polar surface area (TPSA) is 152 Å². The molecule has 16 nitrogen and oxygen atoms in total. The lowest BCUT2D eigenvalue weighted by Gasteiger charge is -2.30. The Balaban J connectivity index is 0.000000126. The van der Waals surface area contributed by atoms with Crippen LogP contribution in [0.5, 0.6) is 0 Å². The van der Waals surface area contributed by atoms with Crippen LogP contribution < -0.4 is 0 Å². The zero-order chi connectivity index (χ0) is 79.7. The minimum atomic E-state index is -0.513. The van der Waals surface area contributed by atoms with Gasteiger partial charge >= 0.3 is 0 Å². The number of amides is 4. The Kier molecular flexibility index (Phi) is 26.0. The van der Waals surface area contributed by atoms with Crippen molar-refractivity contribution in [2.75, 3.05) is 86.1 Å². The molecule has 4 aliphatic heterocycles. The Morgan fingerprint density at radius 2 is 0.781 bits per heavy atom. The number of nitrogens with zero attached hydrogens (tertiary/aromatic N) is 10. The summed E-state index contributed by atoms with van der Waals surface area (Å²) in [6.07, 6.45) is 2.61. The number of aryl methyl sites for hydroxylation is 2. The second-order valence-electron chi connectivity index (χ2n) is 28.1. The third-order valence-corrected chi connectivity index (χ3v) is 26.8. The monoisotopic (exact) mass is 1600 g/mol. The molecule has 5 aromatic heterocycles. The van der Waals surface area contributed by atoms with Crippen LogP contribution in [0.4, 0.5) is 13.2 Å². The first kappa shape index (κ1) is 80.7. The van der Waals surface area contributed by atoms with Crippen LogP contribution in [0.15, 0.2) is 220 Å². The fraction of sp³-hybridized carbons (Fsp3) is 0.319. The summed E-state index contributed by atoms with van der Waals surface area (Å²) in [7, 11) is 1.73. The fourth-order valence-corrected chi connectivity index (χ4v) is 21.7. The molecule has 9 heterocycles. The number of hydrogen-bond acceptors (Lipinski definition) is 11. The van der Waals surface area contributed by atoms with Crippen molar-refractivity contribution in [3.63, 3.8) is 0 Å². The van der Waals surface area contributed by atoms with Gasteiger partial charge in [-0.15, -0.1) is 52.1 Å². The van der Waals surface area contributed by atoms with Gasteiger partial charge in [0.25, 0.3) is 0 Å². The summed E-state index contributed by atoms with van der Waals surface area (Å²) < 4.78 is 52.7. The van der Waals surface area contributed by atoms with Gasteiger partial charge in [0.1, 0.15) is 46.7 Å². The smallest absolute Gasteiger partial charge is 0.240 e. The van der Waals surface area contributed by atoms with Crippen LogP contribution in [0.1, 0.15) is 104 Å². The molecular formula is C91H96F3N11O5S4. The van der Waals surface area contributed by atoms with Crippen molar-refractivity contribution in [3.05, 3.63) is 228 Å². The lowest BCUT2D eigenvalue weighted by molar-refractivity contribution is -0.131. The molecule has 4 atom stereocenters. The number of fused-ring (bicyclic) bond motifs is 20. The highest BCUT2D eigenvalue weighted by atomic mass is 32.2. The Bertz CT molecular complexity index is 5620. The number of thioether (sulfide) groups is 4. The van der Waals surface area contributed by atoms with E-state index in [4.69, 9.17) is 4.74 Å². The predicted molar refractivity (Wildman–Crippen MR) is 460 cm³/mol. The van der Waals surface area contributed by atoms with E-state index in [9.17, 15) is 32.3 Å². The molecule has 0 fully saturated rings. The summed E-state index contributed by atoms with van der Waals surface area (Å²) in [5, 5.41) is 11.5. The second-order valence-corrected chi connectivity index (χ2v) is 32.6. The molecular weight excluding hydrogens is 1510 g/mol. The van der Waals surface area contributed by atoms with E-state index in [1.54, 1.807) is 65.3 Å². The van der Waals surface area contributed by atoms with E-state index in [-0.39, 0.29) is 57.7 Å². The van der Waals surface area contributed by atoms with Crippen molar-refractivity contribution in [1.82, 2.24) is 53.3 Å². The van der Waals surface area contributed by atoms with Crippen molar-refractivity contribution in [3.8, 4) is 45.0 Å². The fourth-order valence-electron chi connectivity index (χ4n) is 16.5. The number of halogens is 3. The van der Waals surface area contributed by atoms with Gasteiger partial charge in [0.15, 0.2) is 0 Å². The average molecular weight is 1610 g/mol. The highest BCUT2D eigenvalue weighted by Gasteiger charge is 2.42. The van der Waals surface area contributed by atoms with Crippen molar-refractivity contribution < 1.29 is 37.1 Å². The van der Waals surface area contributed by atoms with Gasteiger partial charge < -0.3 is 43.0 Å². The van der Waals surface area contributed by atoms with Crippen LogP contribution in [0, 0.1) is 0 Å². The molecule has 17 rings (SSSR count). The quantitative estimate of drug-likeness (QED) is 0.0651. The number of carbonyl (C=O) groups excluding carboxylic acids is 4. The van der Waals surface area contributed by atoms with Gasteiger partial charge in [-0.05, 0) is 96.5 Å². The number of H-pyrrole nitrogens is 1. The van der Waals surface area contributed by atoms with E-state index in [0.717, 1.165) is 141 Å². The summed E-state index contributed by atoms with van der Waals surface area (Å²) >= 11 is 6.51. The number of benzene rings is 8. The number of rotatable bonds is 23. The van der Waals surface area contributed by atoms with Gasteiger partial charge in [0.2, 0.25) is 23.6 Å². The van der Waals surface area contributed by atoms with Crippen LogP contribution in [0.2, 0.25) is 0 Å². The second kappa shape index (κ2) is 36.7. The number of nitrogens with one attached hydrogen (secondary N) is 1. The Labute approximate surface area is 681 Å². The molecule has 0 saturated heterocycles. The van der Waals surface area contributed by atoms with Crippen LogP contribution >= 0.6 is 47.0 Å². The first-order chi connectivity index (χ1) is 55.8. The van der Waals surface area contributed by atoms with Gasteiger partial charge in [0.05, 0.1) is 55.2 Å². The Hall–Kier alpha value is -9.91. The van der Waals surface area contributed by atoms with E-state index >= 15 is 0 Å².